The highest BCUT2D eigenvalue weighted by molar-refractivity contribution is 5.73. The molecule has 1 aromatic heterocycles. The van der Waals surface area contributed by atoms with Gasteiger partial charge in [0.2, 0.25) is 17.9 Å². The third kappa shape index (κ3) is 5.96. The number of halogens is 3. The normalized spacial score (nSPS) is 13.1. The number of nitrogen functional groups attached to an aromatic ring is 1. The van der Waals surface area contributed by atoms with E-state index in [0.717, 1.165) is 12.1 Å². The molecule has 5 N–H and O–H groups in total. The Bertz CT molecular complexity index is 1180. The molecule has 2 aromatic carbocycles. The van der Waals surface area contributed by atoms with Crippen LogP contribution in [0.25, 0.3) is 11.3 Å². The van der Waals surface area contributed by atoms with E-state index in [1.807, 2.05) is 6.07 Å². The van der Waals surface area contributed by atoms with Crippen LogP contribution in [0.15, 0.2) is 54.6 Å². The number of rotatable bonds is 7. The van der Waals surface area contributed by atoms with Gasteiger partial charge in [0.05, 0.1) is 17.3 Å². The van der Waals surface area contributed by atoms with Gasteiger partial charge in [-0.15, -0.1) is 0 Å². The Morgan fingerprint density at radius 2 is 1.76 bits per heavy atom. The molecule has 3 rings (SSSR count). The molecule has 1 heterocycles. The summed E-state index contributed by atoms with van der Waals surface area (Å²) in [6, 6.07) is 13.3. The standard InChI is InChI=1S/C22H18F3N5O3/c23-22(24,25)19(15-7-3-13(11-26)4-8-15)33-18-10-17(29-21(28)30-18)14-5-1-12(2-6-14)9-16(27)20(31)32/h1-8,10,16,19H,9,27H2,(H,31,32)(H2,28,29,30). The molecule has 3 aromatic rings. The van der Waals surface area contributed by atoms with E-state index in [9.17, 15) is 18.0 Å². The van der Waals surface area contributed by atoms with Crippen LogP contribution in [0.5, 0.6) is 5.88 Å². The second-order valence-electron chi connectivity index (χ2n) is 7.07. The molecular weight excluding hydrogens is 439 g/mol. The minimum Gasteiger partial charge on any atom is -0.480 e. The highest BCUT2D eigenvalue weighted by Gasteiger charge is 2.43. The average Bonchev–Trinajstić information content (AvgIpc) is 2.77. The molecule has 0 aliphatic carbocycles. The second-order valence-corrected chi connectivity index (χ2v) is 7.07. The van der Waals surface area contributed by atoms with Crippen molar-refractivity contribution in [3.8, 4) is 23.2 Å². The lowest BCUT2D eigenvalue weighted by Gasteiger charge is -2.22. The zero-order valence-corrected chi connectivity index (χ0v) is 17.0. The Kier molecular flexibility index (Phi) is 6.79. The first-order valence-corrected chi connectivity index (χ1v) is 9.52. The average molecular weight is 457 g/mol. The molecule has 0 radical (unpaired) electrons. The number of hydrogen-bond acceptors (Lipinski definition) is 7. The first-order chi connectivity index (χ1) is 15.6. The molecule has 2 unspecified atom stereocenters. The molecule has 0 saturated heterocycles. The predicted molar refractivity (Wildman–Crippen MR) is 112 cm³/mol. The molecule has 0 spiro atoms. The van der Waals surface area contributed by atoms with Crippen molar-refractivity contribution < 1.29 is 27.8 Å². The van der Waals surface area contributed by atoms with Crippen LogP contribution >= 0.6 is 0 Å². The van der Waals surface area contributed by atoms with Gasteiger partial charge < -0.3 is 21.3 Å². The number of nitriles is 1. The van der Waals surface area contributed by atoms with E-state index < -0.39 is 24.3 Å². The van der Waals surface area contributed by atoms with Crippen LogP contribution in [-0.4, -0.2) is 33.3 Å². The zero-order chi connectivity index (χ0) is 24.2. The van der Waals surface area contributed by atoms with Crippen molar-refractivity contribution in [2.75, 3.05) is 5.73 Å². The van der Waals surface area contributed by atoms with Gasteiger partial charge in [-0.3, -0.25) is 4.79 Å². The molecule has 11 heteroatoms. The lowest BCUT2D eigenvalue weighted by Crippen LogP contribution is -2.32. The van der Waals surface area contributed by atoms with Crippen molar-refractivity contribution in [2.24, 2.45) is 5.73 Å². The van der Waals surface area contributed by atoms with Crippen LogP contribution in [0.1, 0.15) is 22.8 Å². The number of nitrogens with zero attached hydrogens (tertiary/aromatic N) is 3. The van der Waals surface area contributed by atoms with Crippen molar-refractivity contribution in [3.05, 3.63) is 71.3 Å². The van der Waals surface area contributed by atoms with Crippen LogP contribution in [0.3, 0.4) is 0 Å². The minimum atomic E-state index is -4.77. The van der Waals surface area contributed by atoms with E-state index in [1.54, 1.807) is 24.3 Å². The zero-order valence-electron chi connectivity index (χ0n) is 17.0. The number of anilines is 1. The molecule has 0 aliphatic heterocycles. The number of nitrogens with two attached hydrogens (primary N) is 2. The Morgan fingerprint density at radius 3 is 2.30 bits per heavy atom. The molecule has 0 aliphatic rings. The number of ether oxygens (including phenoxy) is 1. The first-order valence-electron chi connectivity index (χ1n) is 9.52. The number of carboxylic acid groups (broad SMARTS) is 1. The summed E-state index contributed by atoms with van der Waals surface area (Å²) in [4.78, 5) is 18.7. The Hall–Kier alpha value is -4.17. The quantitative estimate of drug-likeness (QED) is 0.490. The number of carbonyl (C=O) groups is 1. The van der Waals surface area contributed by atoms with Gasteiger partial charge in [-0.2, -0.15) is 23.4 Å². The van der Waals surface area contributed by atoms with Gasteiger partial charge in [-0.25, -0.2) is 4.98 Å². The Labute approximate surface area is 186 Å². The van der Waals surface area contributed by atoms with Gasteiger partial charge in [0, 0.05) is 17.2 Å². The van der Waals surface area contributed by atoms with Crippen molar-refractivity contribution in [2.45, 2.75) is 24.7 Å². The highest BCUT2D eigenvalue weighted by atomic mass is 19.4. The van der Waals surface area contributed by atoms with Crippen LogP contribution in [0.2, 0.25) is 0 Å². The second kappa shape index (κ2) is 9.54. The fraction of sp³-hybridized carbons (Fsp3) is 0.182. The number of aromatic nitrogens is 2. The van der Waals surface area contributed by atoms with Crippen molar-refractivity contribution >= 4 is 11.9 Å². The summed E-state index contributed by atoms with van der Waals surface area (Å²) in [5.74, 6) is -1.81. The fourth-order valence-corrected chi connectivity index (χ4v) is 2.98. The molecule has 2 atom stereocenters. The summed E-state index contributed by atoms with van der Waals surface area (Å²) in [5.41, 5.74) is 12.6. The van der Waals surface area contributed by atoms with Crippen LogP contribution in [0.4, 0.5) is 19.1 Å². The summed E-state index contributed by atoms with van der Waals surface area (Å²) in [5, 5.41) is 17.8. The molecule has 0 amide bonds. The number of hydrogen-bond donors (Lipinski definition) is 3. The minimum absolute atomic E-state index is 0.105. The molecular formula is C22H18F3N5O3. The predicted octanol–water partition coefficient (Wildman–Crippen LogP) is 3.23. The lowest BCUT2D eigenvalue weighted by molar-refractivity contribution is -0.198. The van der Waals surface area contributed by atoms with Gasteiger partial charge in [0.25, 0.3) is 0 Å². The van der Waals surface area contributed by atoms with E-state index in [-0.39, 0.29) is 35.1 Å². The number of aliphatic carboxylic acids is 1. The molecule has 0 saturated carbocycles. The number of alkyl halides is 3. The van der Waals surface area contributed by atoms with Crippen molar-refractivity contribution in [1.82, 2.24) is 9.97 Å². The molecule has 33 heavy (non-hydrogen) atoms. The van der Waals surface area contributed by atoms with Gasteiger partial charge >= 0.3 is 12.1 Å². The maximum atomic E-state index is 13.7. The first kappa shape index (κ1) is 23.5. The third-order valence-electron chi connectivity index (χ3n) is 4.62. The molecule has 0 bridgehead atoms. The summed E-state index contributed by atoms with van der Waals surface area (Å²) in [7, 11) is 0. The van der Waals surface area contributed by atoms with Gasteiger partial charge in [-0.05, 0) is 24.1 Å². The smallest absolute Gasteiger partial charge is 0.429 e. The summed E-state index contributed by atoms with van der Waals surface area (Å²) in [6.07, 6.45) is -7.00. The van der Waals surface area contributed by atoms with E-state index in [1.165, 1.54) is 18.2 Å². The van der Waals surface area contributed by atoms with E-state index in [0.29, 0.717) is 11.1 Å². The van der Waals surface area contributed by atoms with E-state index in [4.69, 9.17) is 26.6 Å². The van der Waals surface area contributed by atoms with E-state index >= 15 is 0 Å². The van der Waals surface area contributed by atoms with E-state index in [2.05, 4.69) is 9.97 Å². The fourth-order valence-electron chi connectivity index (χ4n) is 2.98. The van der Waals surface area contributed by atoms with Crippen LogP contribution in [-0.2, 0) is 11.2 Å². The summed E-state index contributed by atoms with van der Waals surface area (Å²) >= 11 is 0. The topological polar surface area (TPSA) is 148 Å². The number of carboxylic acids is 1. The monoisotopic (exact) mass is 457 g/mol. The summed E-state index contributed by atoms with van der Waals surface area (Å²) in [6.45, 7) is 0. The van der Waals surface area contributed by atoms with Gasteiger partial charge in [0.1, 0.15) is 6.04 Å². The highest BCUT2D eigenvalue weighted by Crippen LogP contribution is 2.37. The maximum absolute atomic E-state index is 13.7. The van der Waals surface area contributed by atoms with Crippen molar-refractivity contribution in [3.63, 3.8) is 0 Å². The van der Waals surface area contributed by atoms with Gasteiger partial charge in [0.15, 0.2) is 0 Å². The van der Waals surface area contributed by atoms with Crippen molar-refractivity contribution in [1.29, 1.82) is 5.26 Å². The largest absolute Gasteiger partial charge is 0.480 e. The summed E-state index contributed by atoms with van der Waals surface area (Å²) < 4.78 is 46.2. The Balaban J connectivity index is 1.88. The molecule has 170 valence electrons. The van der Waals surface area contributed by atoms with Gasteiger partial charge in [-0.1, -0.05) is 36.4 Å². The molecule has 8 nitrogen and oxygen atoms in total. The third-order valence-corrected chi connectivity index (χ3v) is 4.62. The maximum Gasteiger partial charge on any atom is 0.429 e. The number of benzene rings is 2. The SMILES string of the molecule is N#Cc1ccc(C(Oc2cc(-c3ccc(CC(N)C(=O)O)cc3)nc(N)n2)C(F)(F)F)cc1. The molecule has 0 fully saturated rings. The Morgan fingerprint density at radius 1 is 1.12 bits per heavy atom. The van der Waals surface area contributed by atoms with Crippen LogP contribution < -0.4 is 16.2 Å². The van der Waals surface area contributed by atoms with Crippen LogP contribution in [0, 0.1) is 11.3 Å². The lowest BCUT2D eigenvalue weighted by atomic mass is 10.0.